The average molecular weight is 636 g/mol. The van der Waals surface area contributed by atoms with Gasteiger partial charge in [0.2, 0.25) is 0 Å². The summed E-state index contributed by atoms with van der Waals surface area (Å²) < 4.78 is 4.46. The zero-order valence-electron chi connectivity index (χ0n) is 26.7. The summed E-state index contributed by atoms with van der Waals surface area (Å²) in [4.78, 5) is 0. The van der Waals surface area contributed by atoms with E-state index < -0.39 is 0 Å². The topological polar surface area (TPSA) is 81.2 Å². The molecule has 0 N–H and O–H groups in total. The van der Waals surface area contributed by atoms with Crippen molar-refractivity contribution in [2.75, 3.05) is 0 Å². The Hall–Kier alpha value is -7.39. The second kappa shape index (κ2) is 11.4. The molecule has 0 radical (unpaired) electrons. The predicted molar refractivity (Wildman–Crippen MR) is 200 cm³/mol. The fourth-order valence-corrected chi connectivity index (χ4v) is 7.46. The van der Waals surface area contributed by atoms with Crippen molar-refractivity contribution in [1.29, 1.82) is 15.8 Å². The minimum absolute atomic E-state index is 0.420. The van der Waals surface area contributed by atoms with Gasteiger partial charge in [0, 0.05) is 43.9 Å². The van der Waals surface area contributed by atoms with Crippen molar-refractivity contribution < 1.29 is 0 Å². The molecule has 9 aromatic rings. The van der Waals surface area contributed by atoms with Gasteiger partial charge in [-0.1, -0.05) is 84.9 Å². The quantitative estimate of drug-likeness (QED) is 0.193. The Kier molecular flexibility index (Phi) is 6.56. The van der Waals surface area contributed by atoms with E-state index in [0.717, 1.165) is 66.5 Å². The first-order valence-corrected chi connectivity index (χ1v) is 16.3. The van der Waals surface area contributed by atoms with Crippen LogP contribution in [0.4, 0.5) is 0 Å². The summed E-state index contributed by atoms with van der Waals surface area (Å²) in [5, 5.41) is 34.9. The summed E-state index contributed by atoms with van der Waals surface area (Å²) in [6, 6.07) is 57.8. The Bertz CT molecular complexity index is 2920. The van der Waals surface area contributed by atoms with Gasteiger partial charge in [-0.25, -0.2) is 0 Å². The number of hydrogen-bond acceptors (Lipinski definition) is 3. The van der Waals surface area contributed by atoms with Crippen molar-refractivity contribution >= 4 is 43.6 Å². The first-order valence-electron chi connectivity index (χ1n) is 16.3. The molecule has 230 valence electrons. The lowest BCUT2D eigenvalue weighted by atomic mass is 9.90. The summed E-state index contributed by atoms with van der Waals surface area (Å²) in [5.41, 5.74) is 10.7. The fourth-order valence-electron chi connectivity index (χ4n) is 7.46. The van der Waals surface area contributed by atoms with Gasteiger partial charge in [-0.2, -0.15) is 15.8 Å². The molecule has 7 aromatic carbocycles. The SMILES string of the molecule is N#Cc1ccc2c(c1)c1ccccc1n2-c1ccccc1-c1cc(-c2cccc(-n3c4ccccc4c4ccccc43)c2)c(C#N)cc1C#N. The molecule has 50 heavy (non-hydrogen) atoms. The summed E-state index contributed by atoms with van der Waals surface area (Å²) >= 11 is 0. The lowest BCUT2D eigenvalue weighted by Gasteiger charge is -2.17. The Morgan fingerprint density at radius 2 is 0.960 bits per heavy atom. The molecule has 0 saturated heterocycles. The lowest BCUT2D eigenvalue weighted by Crippen LogP contribution is -2.00. The van der Waals surface area contributed by atoms with E-state index in [1.54, 1.807) is 6.07 Å². The van der Waals surface area contributed by atoms with Crippen LogP contribution in [0, 0.1) is 34.0 Å². The summed E-state index contributed by atoms with van der Waals surface area (Å²) in [6.45, 7) is 0. The van der Waals surface area contributed by atoms with E-state index in [4.69, 9.17) is 0 Å². The summed E-state index contributed by atoms with van der Waals surface area (Å²) in [7, 11) is 0. The minimum Gasteiger partial charge on any atom is -0.309 e. The van der Waals surface area contributed by atoms with Crippen LogP contribution < -0.4 is 0 Å². The first-order chi connectivity index (χ1) is 24.7. The molecule has 5 heteroatoms. The highest BCUT2D eigenvalue weighted by atomic mass is 15.0. The van der Waals surface area contributed by atoms with Crippen molar-refractivity contribution in [2.24, 2.45) is 0 Å². The van der Waals surface area contributed by atoms with E-state index in [1.807, 2.05) is 66.7 Å². The van der Waals surface area contributed by atoms with E-state index in [0.29, 0.717) is 16.7 Å². The molecule has 0 bridgehead atoms. The Morgan fingerprint density at radius 3 is 1.64 bits per heavy atom. The van der Waals surface area contributed by atoms with Gasteiger partial charge >= 0.3 is 0 Å². The van der Waals surface area contributed by atoms with Gasteiger partial charge in [0.15, 0.2) is 0 Å². The molecule has 0 fully saturated rings. The number of para-hydroxylation sites is 4. The summed E-state index contributed by atoms with van der Waals surface area (Å²) in [5.74, 6) is 0. The highest BCUT2D eigenvalue weighted by molar-refractivity contribution is 6.11. The molecule has 0 saturated carbocycles. The highest BCUT2D eigenvalue weighted by Gasteiger charge is 2.20. The number of aromatic nitrogens is 2. The molecular formula is C45H25N5. The van der Waals surface area contributed by atoms with Gasteiger partial charge < -0.3 is 9.13 Å². The van der Waals surface area contributed by atoms with Crippen LogP contribution in [0.2, 0.25) is 0 Å². The molecule has 0 amide bonds. The van der Waals surface area contributed by atoms with Crippen LogP contribution in [0.25, 0.3) is 77.2 Å². The first kappa shape index (κ1) is 28.8. The van der Waals surface area contributed by atoms with Gasteiger partial charge in [0.05, 0.1) is 62.7 Å². The van der Waals surface area contributed by atoms with Crippen LogP contribution in [0.3, 0.4) is 0 Å². The summed E-state index contributed by atoms with van der Waals surface area (Å²) in [6.07, 6.45) is 0. The normalized spacial score (nSPS) is 11.1. The molecule has 0 unspecified atom stereocenters. The van der Waals surface area contributed by atoms with Crippen LogP contribution in [-0.4, -0.2) is 9.13 Å². The van der Waals surface area contributed by atoms with E-state index in [1.165, 1.54) is 10.8 Å². The molecule has 2 aromatic heterocycles. The second-order valence-corrected chi connectivity index (χ2v) is 12.3. The largest absolute Gasteiger partial charge is 0.309 e. The number of nitrogens with zero attached hydrogens (tertiary/aromatic N) is 5. The third kappa shape index (κ3) is 4.31. The van der Waals surface area contributed by atoms with Gasteiger partial charge in [-0.05, 0) is 72.3 Å². The zero-order valence-corrected chi connectivity index (χ0v) is 26.7. The maximum absolute atomic E-state index is 10.5. The van der Waals surface area contributed by atoms with Crippen molar-refractivity contribution in [3.63, 3.8) is 0 Å². The molecule has 0 aliphatic heterocycles. The number of nitriles is 3. The predicted octanol–water partition coefficient (Wildman–Crippen LogP) is 10.8. The van der Waals surface area contributed by atoms with Crippen LogP contribution >= 0.6 is 0 Å². The molecule has 0 atom stereocenters. The Balaban J connectivity index is 1.27. The number of fused-ring (bicyclic) bond motifs is 6. The molecule has 2 heterocycles. The zero-order chi connectivity index (χ0) is 33.8. The standard InChI is InChI=1S/C45H25N5/c46-26-29-20-21-45-40(22-29)37-15-4-8-19-44(37)50(45)43-18-7-3-14-36(43)39-25-38(31(27-47)23-32(39)28-48)30-10-9-11-33(24-30)49-41-16-5-1-12-34(41)35-13-2-6-17-42(35)49/h1-25H. The maximum Gasteiger partial charge on any atom is 0.0998 e. The van der Waals surface area contributed by atoms with Crippen LogP contribution in [0.1, 0.15) is 16.7 Å². The van der Waals surface area contributed by atoms with E-state index in [2.05, 4.69) is 106 Å². The Morgan fingerprint density at radius 1 is 0.380 bits per heavy atom. The van der Waals surface area contributed by atoms with Gasteiger partial charge in [-0.3, -0.25) is 0 Å². The Labute approximate surface area is 287 Å². The number of benzene rings is 7. The van der Waals surface area contributed by atoms with Gasteiger partial charge in [-0.15, -0.1) is 0 Å². The van der Waals surface area contributed by atoms with Crippen molar-refractivity contribution in [3.8, 4) is 51.8 Å². The van der Waals surface area contributed by atoms with E-state index in [-0.39, 0.29) is 0 Å². The van der Waals surface area contributed by atoms with Gasteiger partial charge in [0.25, 0.3) is 0 Å². The highest BCUT2D eigenvalue weighted by Crippen LogP contribution is 2.40. The van der Waals surface area contributed by atoms with Crippen molar-refractivity contribution in [3.05, 3.63) is 168 Å². The third-order valence-electron chi connectivity index (χ3n) is 9.63. The molecule has 0 aliphatic carbocycles. The van der Waals surface area contributed by atoms with Crippen molar-refractivity contribution in [2.45, 2.75) is 0 Å². The van der Waals surface area contributed by atoms with E-state index >= 15 is 0 Å². The van der Waals surface area contributed by atoms with Crippen LogP contribution in [0.5, 0.6) is 0 Å². The number of hydrogen-bond donors (Lipinski definition) is 0. The molecule has 9 rings (SSSR count). The fraction of sp³-hybridized carbons (Fsp3) is 0. The molecule has 0 aliphatic rings. The molecule has 5 nitrogen and oxygen atoms in total. The average Bonchev–Trinajstić information content (AvgIpc) is 3.70. The maximum atomic E-state index is 10.5. The van der Waals surface area contributed by atoms with Crippen molar-refractivity contribution in [1.82, 2.24) is 9.13 Å². The smallest absolute Gasteiger partial charge is 0.0998 e. The molecular weight excluding hydrogens is 611 g/mol. The lowest BCUT2D eigenvalue weighted by molar-refractivity contribution is 1.18. The second-order valence-electron chi connectivity index (χ2n) is 12.3. The third-order valence-corrected chi connectivity index (χ3v) is 9.63. The van der Waals surface area contributed by atoms with Gasteiger partial charge in [0.1, 0.15) is 0 Å². The number of rotatable bonds is 4. The van der Waals surface area contributed by atoms with Crippen LogP contribution in [0.15, 0.2) is 152 Å². The monoisotopic (exact) mass is 635 g/mol. The van der Waals surface area contributed by atoms with E-state index in [9.17, 15) is 15.8 Å². The minimum atomic E-state index is 0.420. The van der Waals surface area contributed by atoms with Crippen LogP contribution in [-0.2, 0) is 0 Å². The molecule has 0 spiro atoms.